The lowest BCUT2D eigenvalue weighted by Crippen LogP contribution is -2.04. The Morgan fingerprint density at radius 2 is 2.03 bits per heavy atom. The van der Waals surface area contributed by atoms with Gasteiger partial charge >= 0.3 is 0 Å². The first-order valence-corrected chi connectivity index (χ1v) is 9.41. The summed E-state index contributed by atoms with van der Waals surface area (Å²) in [4.78, 5) is 15.9. The molecule has 4 heterocycles. The van der Waals surface area contributed by atoms with Gasteiger partial charge in [0, 0.05) is 36.9 Å². The first-order valence-electron chi connectivity index (χ1n) is 9.04. The molecule has 0 aliphatic carbocycles. The fraction of sp³-hybridized carbons (Fsp3) is 0.190. The summed E-state index contributed by atoms with van der Waals surface area (Å²) in [6.45, 7) is 2.38. The lowest BCUT2D eigenvalue weighted by molar-refractivity contribution is 0.368. The van der Waals surface area contributed by atoms with Gasteiger partial charge in [-0.3, -0.25) is 0 Å². The second-order valence-corrected chi connectivity index (χ2v) is 7.09. The molecule has 8 heteroatoms. The van der Waals surface area contributed by atoms with E-state index in [1.165, 1.54) is 13.2 Å². The van der Waals surface area contributed by atoms with Crippen molar-refractivity contribution in [3.8, 4) is 5.88 Å². The second-order valence-electron chi connectivity index (χ2n) is 6.73. The Balaban J connectivity index is 1.47. The number of nitrogens with one attached hydrogen (secondary N) is 2. The minimum Gasteiger partial charge on any atom is -0.479 e. The van der Waals surface area contributed by atoms with Gasteiger partial charge in [0.05, 0.1) is 7.11 Å². The maximum atomic E-state index is 13.8. The molecular weight excluding hydrogens is 393 g/mol. The lowest BCUT2D eigenvalue weighted by atomic mass is 10.1. The van der Waals surface area contributed by atoms with E-state index in [1.807, 2.05) is 31.5 Å². The molecule has 0 amide bonds. The van der Waals surface area contributed by atoms with Crippen LogP contribution >= 0.6 is 11.6 Å². The number of H-pyrrole nitrogens is 1. The van der Waals surface area contributed by atoms with Gasteiger partial charge in [-0.25, -0.2) is 19.3 Å². The zero-order valence-electron chi connectivity index (χ0n) is 16.0. The van der Waals surface area contributed by atoms with Crippen molar-refractivity contribution in [2.45, 2.75) is 19.9 Å². The van der Waals surface area contributed by atoms with E-state index < -0.39 is 5.82 Å². The molecule has 0 aliphatic heterocycles. The van der Waals surface area contributed by atoms with Crippen molar-refractivity contribution >= 4 is 28.5 Å². The number of aryl methyl sites for hydroxylation is 1. The second kappa shape index (κ2) is 8.05. The average Bonchev–Trinajstić information content (AvgIpc) is 3.10. The Kier molecular flexibility index (Phi) is 5.31. The first kappa shape index (κ1) is 19.1. The van der Waals surface area contributed by atoms with Gasteiger partial charge in [-0.05, 0) is 47.4 Å². The number of pyridine rings is 3. The molecule has 29 heavy (non-hydrogen) atoms. The zero-order valence-corrected chi connectivity index (χ0v) is 16.7. The molecule has 0 fully saturated rings. The molecule has 148 valence electrons. The van der Waals surface area contributed by atoms with Crippen LogP contribution in [0.1, 0.15) is 22.3 Å². The average molecular weight is 412 g/mol. The van der Waals surface area contributed by atoms with Gasteiger partial charge in [0.2, 0.25) is 5.88 Å². The normalized spacial score (nSPS) is 11.0. The summed E-state index contributed by atoms with van der Waals surface area (Å²) < 4.78 is 18.6. The molecule has 0 aliphatic rings. The minimum absolute atomic E-state index is 0.0260. The number of hydrogen-bond donors (Lipinski definition) is 2. The Morgan fingerprint density at radius 1 is 1.17 bits per heavy atom. The molecule has 0 bridgehead atoms. The third kappa shape index (κ3) is 4.14. The summed E-state index contributed by atoms with van der Waals surface area (Å²) in [6, 6.07) is 7.27. The Morgan fingerprint density at radius 3 is 2.79 bits per heavy atom. The predicted octanol–water partition coefficient (Wildman–Crippen LogP) is 4.67. The van der Waals surface area contributed by atoms with E-state index in [2.05, 4.69) is 31.3 Å². The van der Waals surface area contributed by atoms with Crippen molar-refractivity contribution in [2.75, 3.05) is 12.4 Å². The van der Waals surface area contributed by atoms with Crippen LogP contribution in [-0.2, 0) is 13.0 Å². The van der Waals surface area contributed by atoms with Gasteiger partial charge in [0.25, 0.3) is 0 Å². The van der Waals surface area contributed by atoms with Crippen LogP contribution in [0.5, 0.6) is 5.88 Å². The number of ether oxygens (including phenoxy) is 1. The third-order valence-corrected chi connectivity index (χ3v) is 4.92. The summed E-state index contributed by atoms with van der Waals surface area (Å²) in [7, 11) is 1.38. The first-order chi connectivity index (χ1) is 14.0. The number of rotatable bonds is 6. The highest BCUT2D eigenvalue weighted by atomic mass is 35.5. The maximum absolute atomic E-state index is 13.8. The van der Waals surface area contributed by atoms with Crippen molar-refractivity contribution in [1.29, 1.82) is 0 Å². The standard InChI is InChI=1S/C21H19ClFN5O/c1-12-5-16-15(11-26-20(16)25-8-12)7-14-3-4-18(28-19(14)22)24-9-13-6-17(23)21(29-2)27-10-13/h3-6,8,10-11H,7,9H2,1-2H3,(H,24,28)(H,25,26). The number of halogens is 2. The topological polar surface area (TPSA) is 75.7 Å². The van der Waals surface area contributed by atoms with E-state index in [9.17, 15) is 4.39 Å². The molecule has 6 nitrogen and oxygen atoms in total. The highest BCUT2D eigenvalue weighted by Gasteiger charge is 2.10. The van der Waals surface area contributed by atoms with Crippen LogP contribution in [0.3, 0.4) is 0 Å². The molecule has 0 saturated carbocycles. The van der Waals surface area contributed by atoms with Crippen LogP contribution in [0.25, 0.3) is 11.0 Å². The predicted molar refractivity (Wildman–Crippen MR) is 111 cm³/mol. The SMILES string of the molecule is COc1ncc(CNc2ccc(Cc3c[nH]c4ncc(C)cc34)c(Cl)n2)cc1F. The van der Waals surface area contributed by atoms with Gasteiger partial charge in [-0.1, -0.05) is 17.7 Å². The van der Waals surface area contributed by atoms with E-state index >= 15 is 0 Å². The molecule has 0 radical (unpaired) electrons. The molecule has 4 rings (SSSR count). The van der Waals surface area contributed by atoms with Gasteiger partial charge in [-0.2, -0.15) is 0 Å². The molecule has 2 N–H and O–H groups in total. The number of anilines is 1. The van der Waals surface area contributed by atoms with Crippen molar-refractivity contribution < 1.29 is 9.13 Å². The molecule has 0 aromatic carbocycles. The van der Waals surface area contributed by atoms with E-state index in [0.29, 0.717) is 29.5 Å². The largest absolute Gasteiger partial charge is 0.479 e. The van der Waals surface area contributed by atoms with Crippen LogP contribution in [0.4, 0.5) is 10.2 Å². The highest BCUT2D eigenvalue weighted by Crippen LogP contribution is 2.25. The van der Waals surface area contributed by atoms with E-state index in [-0.39, 0.29) is 5.88 Å². The summed E-state index contributed by atoms with van der Waals surface area (Å²) >= 11 is 6.41. The molecule has 4 aromatic heterocycles. The number of methoxy groups -OCH3 is 1. The summed E-state index contributed by atoms with van der Waals surface area (Å²) in [5.41, 5.74) is 4.66. The Bertz CT molecular complexity index is 1180. The van der Waals surface area contributed by atoms with E-state index in [4.69, 9.17) is 16.3 Å². The smallest absolute Gasteiger partial charge is 0.250 e. The monoisotopic (exact) mass is 411 g/mol. The molecule has 0 atom stereocenters. The molecule has 0 spiro atoms. The molecule has 4 aromatic rings. The van der Waals surface area contributed by atoms with Crippen LogP contribution in [-0.4, -0.2) is 27.0 Å². The number of fused-ring (bicyclic) bond motifs is 1. The number of hydrogen-bond acceptors (Lipinski definition) is 5. The van der Waals surface area contributed by atoms with Crippen LogP contribution in [0, 0.1) is 12.7 Å². The Hall–Kier alpha value is -3.19. The van der Waals surface area contributed by atoms with Crippen LogP contribution < -0.4 is 10.1 Å². The number of aromatic nitrogens is 4. The highest BCUT2D eigenvalue weighted by molar-refractivity contribution is 6.30. The maximum Gasteiger partial charge on any atom is 0.250 e. The van der Waals surface area contributed by atoms with Crippen LogP contribution in [0.2, 0.25) is 5.15 Å². The van der Waals surface area contributed by atoms with Gasteiger partial charge in [-0.15, -0.1) is 0 Å². The summed E-state index contributed by atoms with van der Waals surface area (Å²) in [5.74, 6) is 0.0740. The van der Waals surface area contributed by atoms with Gasteiger partial charge < -0.3 is 15.0 Å². The molecule has 0 saturated heterocycles. The fourth-order valence-corrected chi connectivity index (χ4v) is 3.33. The fourth-order valence-electron chi connectivity index (χ4n) is 3.11. The molecular formula is C21H19ClFN5O. The van der Waals surface area contributed by atoms with Crippen molar-refractivity contribution in [1.82, 2.24) is 19.9 Å². The van der Waals surface area contributed by atoms with Gasteiger partial charge in [0.15, 0.2) is 5.82 Å². The minimum atomic E-state index is -0.503. The number of aromatic amines is 1. The summed E-state index contributed by atoms with van der Waals surface area (Å²) in [5, 5.41) is 4.63. The van der Waals surface area contributed by atoms with E-state index in [0.717, 1.165) is 27.7 Å². The zero-order chi connectivity index (χ0) is 20.4. The Labute approximate surface area is 172 Å². The van der Waals surface area contributed by atoms with Crippen LogP contribution in [0.15, 0.2) is 42.9 Å². The van der Waals surface area contributed by atoms with Crippen molar-refractivity contribution in [3.05, 3.63) is 76.1 Å². The van der Waals surface area contributed by atoms with Crippen molar-refractivity contribution in [2.24, 2.45) is 0 Å². The van der Waals surface area contributed by atoms with Crippen molar-refractivity contribution in [3.63, 3.8) is 0 Å². The third-order valence-electron chi connectivity index (χ3n) is 4.59. The molecule has 0 unspecified atom stereocenters. The van der Waals surface area contributed by atoms with E-state index in [1.54, 1.807) is 6.20 Å². The number of nitrogens with zero attached hydrogens (tertiary/aromatic N) is 3. The van der Waals surface area contributed by atoms with Gasteiger partial charge in [0.1, 0.15) is 16.6 Å². The quantitative estimate of drug-likeness (QED) is 0.451. The summed E-state index contributed by atoms with van der Waals surface area (Å²) in [6.07, 6.45) is 5.98. The lowest BCUT2D eigenvalue weighted by Gasteiger charge is -2.09.